The normalized spacial score (nSPS) is 15.6. The van der Waals surface area contributed by atoms with Gasteiger partial charge in [0.05, 0.1) is 12.2 Å². The van der Waals surface area contributed by atoms with E-state index in [4.69, 9.17) is 4.42 Å². The summed E-state index contributed by atoms with van der Waals surface area (Å²) in [5.41, 5.74) is 1.14. The van der Waals surface area contributed by atoms with Crippen molar-refractivity contribution in [3.8, 4) is 0 Å². The van der Waals surface area contributed by atoms with Gasteiger partial charge in [0.1, 0.15) is 17.2 Å². The van der Waals surface area contributed by atoms with Crippen LogP contribution in [-0.2, 0) is 0 Å². The minimum Gasteiger partial charge on any atom is -0.451 e. The lowest BCUT2D eigenvalue weighted by molar-refractivity contribution is 0.0996. The molecule has 0 bridgehead atoms. The lowest BCUT2D eigenvalue weighted by Crippen LogP contribution is -2.20. The Kier molecular flexibility index (Phi) is 4.03. The number of nitrogens with one attached hydrogen (secondary N) is 1. The average Bonchev–Trinajstić information content (AvgIpc) is 3.21. The molecule has 0 unspecified atom stereocenters. The highest BCUT2D eigenvalue weighted by molar-refractivity contribution is 6.06. The quantitative estimate of drug-likeness (QED) is 0.742. The van der Waals surface area contributed by atoms with Crippen LogP contribution < -0.4 is 5.32 Å². The Balaban J connectivity index is 1.61. The molecular weight excluding hydrogens is 321 g/mol. The first-order valence-electron chi connectivity index (χ1n) is 8.67. The van der Waals surface area contributed by atoms with E-state index in [1.165, 1.54) is 31.4 Å². The minimum absolute atomic E-state index is 0.206. The Labute approximate surface area is 144 Å². The van der Waals surface area contributed by atoms with E-state index in [0.717, 1.165) is 12.8 Å². The predicted molar refractivity (Wildman–Crippen MR) is 93.2 cm³/mol. The molecule has 0 radical (unpaired) electrons. The van der Waals surface area contributed by atoms with Crippen LogP contribution in [0.25, 0.3) is 11.0 Å². The monoisotopic (exact) mass is 341 g/mol. The van der Waals surface area contributed by atoms with Crippen LogP contribution >= 0.6 is 0 Å². The van der Waals surface area contributed by atoms with Gasteiger partial charge in [-0.05, 0) is 38.0 Å². The molecule has 2 aromatic heterocycles. The maximum absolute atomic E-state index is 13.4. The lowest BCUT2D eigenvalue weighted by atomic mass is 9.96. The number of aryl methyl sites for hydroxylation is 1. The Hall–Kier alpha value is -2.63. The zero-order chi connectivity index (χ0) is 17.4. The van der Waals surface area contributed by atoms with E-state index in [0.29, 0.717) is 28.4 Å². The van der Waals surface area contributed by atoms with Gasteiger partial charge in [-0.1, -0.05) is 19.3 Å². The molecule has 1 aromatic carbocycles. The van der Waals surface area contributed by atoms with Gasteiger partial charge in [0.15, 0.2) is 5.76 Å². The second-order valence-electron chi connectivity index (χ2n) is 6.60. The van der Waals surface area contributed by atoms with Gasteiger partial charge in [0.2, 0.25) is 0 Å². The van der Waals surface area contributed by atoms with Crippen LogP contribution in [0.5, 0.6) is 0 Å². The number of rotatable bonds is 3. The second-order valence-corrected chi connectivity index (χ2v) is 6.60. The molecular formula is C19H20FN3O2. The number of aromatic nitrogens is 2. The first-order chi connectivity index (χ1) is 12.1. The van der Waals surface area contributed by atoms with Crippen molar-refractivity contribution in [2.45, 2.75) is 45.1 Å². The molecule has 130 valence electrons. The van der Waals surface area contributed by atoms with Crippen molar-refractivity contribution in [1.82, 2.24) is 9.78 Å². The number of benzene rings is 1. The van der Waals surface area contributed by atoms with E-state index in [1.54, 1.807) is 25.3 Å². The molecule has 0 saturated heterocycles. The van der Waals surface area contributed by atoms with Gasteiger partial charge in [-0.3, -0.25) is 4.79 Å². The Morgan fingerprint density at radius 3 is 2.88 bits per heavy atom. The largest absolute Gasteiger partial charge is 0.451 e. The smallest absolute Gasteiger partial charge is 0.292 e. The fraction of sp³-hybridized carbons (Fsp3) is 0.368. The fourth-order valence-corrected chi connectivity index (χ4v) is 3.61. The summed E-state index contributed by atoms with van der Waals surface area (Å²) < 4.78 is 21.0. The molecule has 1 saturated carbocycles. The van der Waals surface area contributed by atoms with Crippen molar-refractivity contribution in [3.63, 3.8) is 0 Å². The number of carbonyl (C=O) groups is 1. The Bertz CT molecular complexity index is 922. The standard InChI is InChI=1S/C19H20FN3O2/c1-12-15-11-13(20)7-8-16(15)25-18(12)19(24)22-17-9-10-21-23(17)14-5-3-2-4-6-14/h7-11,14H,2-6H2,1H3,(H,22,24). The van der Waals surface area contributed by atoms with Gasteiger partial charge in [0, 0.05) is 17.0 Å². The van der Waals surface area contributed by atoms with E-state index in [-0.39, 0.29) is 17.5 Å². The third-order valence-electron chi connectivity index (χ3n) is 4.94. The van der Waals surface area contributed by atoms with Crippen molar-refractivity contribution in [2.24, 2.45) is 0 Å². The van der Waals surface area contributed by atoms with Gasteiger partial charge >= 0.3 is 0 Å². The molecule has 1 aliphatic carbocycles. The summed E-state index contributed by atoms with van der Waals surface area (Å²) in [5, 5.41) is 7.90. The molecule has 0 spiro atoms. The number of furan rings is 1. The zero-order valence-corrected chi connectivity index (χ0v) is 14.1. The summed E-state index contributed by atoms with van der Waals surface area (Å²) in [4.78, 5) is 12.7. The van der Waals surface area contributed by atoms with Gasteiger partial charge < -0.3 is 9.73 Å². The Morgan fingerprint density at radius 2 is 2.08 bits per heavy atom. The maximum Gasteiger partial charge on any atom is 0.292 e. The molecule has 5 nitrogen and oxygen atoms in total. The fourth-order valence-electron chi connectivity index (χ4n) is 3.61. The highest BCUT2D eigenvalue weighted by atomic mass is 19.1. The van der Waals surface area contributed by atoms with Gasteiger partial charge in [-0.25, -0.2) is 9.07 Å². The number of fused-ring (bicyclic) bond motifs is 1. The van der Waals surface area contributed by atoms with Crippen LogP contribution in [-0.4, -0.2) is 15.7 Å². The molecule has 1 aliphatic rings. The molecule has 25 heavy (non-hydrogen) atoms. The summed E-state index contributed by atoms with van der Waals surface area (Å²) >= 11 is 0. The topological polar surface area (TPSA) is 60.1 Å². The maximum atomic E-state index is 13.4. The Morgan fingerprint density at radius 1 is 1.28 bits per heavy atom. The molecule has 1 N–H and O–H groups in total. The molecule has 1 amide bonds. The first-order valence-corrected chi connectivity index (χ1v) is 8.67. The van der Waals surface area contributed by atoms with E-state index >= 15 is 0 Å². The number of carbonyl (C=O) groups excluding carboxylic acids is 1. The van der Waals surface area contributed by atoms with Gasteiger partial charge in [-0.2, -0.15) is 5.10 Å². The van der Waals surface area contributed by atoms with Crippen LogP contribution in [0.2, 0.25) is 0 Å². The van der Waals surface area contributed by atoms with E-state index in [2.05, 4.69) is 10.4 Å². The molecule has 2 heterocycles. The minimum atomic E-state index is -0.348. The molecule has 6 heteroatoms. The summed E-state index contributed by atoms with van der Waals surface area (Å²) in [6.45, 7) is 1.76. The van der Waals surface area contributed by atoms with Gasteiger partial charge in [0.25, 0.3) is 5.91 Å². The number of nitrogens with zero attached hydrogens (tertiary/aromatic N) is 2. The van der Waals surface area contributed by atoms with E-state index in [1.807, 2.05) is 4.68 Å². The summed E-state index contributed by atoms with van der Waals surface area (Å²) in [5.74, 6) is 0.185. The number of amides is 1. The third-order valence-corrected chi connectivity index (χ3v) is 4.94. The predicted octanol–water partition coefficient (Wildman–Crippen LogP) is 4.83. The van der Waals surface area contributed by atoms with Crippen LogP contribution in [0, 0.1) is 12.7 Å². The summed E-state index contributed by atoms with van der Waals surface area (Å²) in [7, 11) is 0. The number of hydrogen-bond acceptors (Lipinski definition) is 3. The van der Waals surface area contributed by atoms with Gasteiger partial charge in [-0.15, -0.1) is 0 Å². The van der Waals surface area contributed by atoms with Crippen molar-refractivity contribution >= 4 is 22.7 Å². The van der Waals surface area contributed by atoms with Crippen molar-refractivity contribution in [2.75, 3.05) is 5.32 Å². The lowest BCUT2D eigenvalue weighted by Gasteiger charge is -2.23. The number of anilines is 1. The number of hydrogen-bond donors (Lipinski definition) is 1. The SMILES string of the molecule is Cc1c(C(=O)Nc2ccnn2C2CCCCC2)oc2ccc(F)cc12. The highest BCUT2D eigenvalue weighted by Gasteiger charge is 2.22. The van der Waals surface area contributed by atoms with Crippen LogP contribution in [0.1, 0.15) is 54.3 Å². The molecule has 4 rings (SSSR count). The van der Waals surface area contributed by atoms with E-state index in [9.17, 15) is 9.18 Å². The van der Waals surface area contributed by atoms with Crippen molar-refractivity contribution in [3.05, 3.63) is 47.6 Å². The highest BCUT2D eigenvalue weighted by Crippen LogP contribution is 2.31. The van der Waals surface area contributed by atoms with Crippen LogP contribution in [0.3, 0.4) is 0 Å². The van der Waals surface area contributed by atoms with Crippen LogP contribution in [0.15, 0.2) is 34.9 Å². The zero-order valence-electron chi connectivity index (χ0n) is 14.1. The molecule has 0 atom stereocenters. The summed E-state index contributed by atoms with van der Waals surface area (Å²) in [6.07, 6.45) is 7.48. The number of halogens is 1. The molecule has 1 fully saturated rings. The van der Waals surface area contributed by atoms with Crippen molar-refractivity contribution in [1.29, 1.82) is 0 Å². The van der Waals surface area contributed by atoms with Crippen LogP contribution in [0.4, 0.5) is 10.2 Å². The average molecular weight is 341 g/mol. The van der Waals surface area contributed by atoms with Crippen molar-refractivity contribution < 1.29 is 13.6 Å². The summed E-state index contributed by atoms with van der Waals surface area (Å²) in [6, 6.07) is 6.37. The third kappa shape index (κ3) is 2.92. The molecule has 0 aliphatic heterocycles. The molecule has 3 aromatic rings. The second kappa shape index (κ2) is 6.35. The first kappa shape index (κ1) is 15.9. The van der Waals surface area contributed by atoms with E-state index < -0.39 is 0 Å².